The minimum absolute atomic E-state index is 0. The van der Waals surface area contributed by atoms with Gasteiger partial charge in [-0.05, 0) is 12.1 Å². The van der Waals surface area contributed by atoms with E-state index in [1.807, 2.05) is 25.7 Å². The van der Waals surface area contributed by atoms with Crippen molar-refractivity contribution in [2.45, 2.75) is 24.5 Å². The number of benzene rings is 1. The SMILES string of the molecule is C[Si](C)(C)[CH-]S(=O)(=O)c1ccccc1.[Li+]. The van der Waals surface area contributed by atoms with Crippen LogP contribution in [-0.4, -0.2) is 16.5 Å². The number of rotatable bonds is 3. The van der Waals surface area contributed by atoms with E-state index in [4.69, 9.17) is 0 Å². The van der Waals surface area contributed by atoms with Crippen LogP contribution in [0.15, 0.2) is 35.2 Å². The summed E-state index contributed by atoms with van der Waals surface area (Å²) < 4.78 is 23.7. The molecule has 0 heterocycles. The summed E-state index contributed by atoms with van der Waals surface area (Å²) in [6, 6.07) is 8.56. The monoisotopic (exact) mass is 234 g/mol. The Balaban J connectivity index is 0.00000196. The first-order chi connectivity index (χ1) is 6.31. The molecule has 0 N–H and O–H groups in total. The molecule has 0 fully saturated rings. The molecule has 0 saturated carbocycles. The summed E-state index contributed by atoms with van der Waals surface area (Å²) >= 11 is 0. The normalized spacial score (nSPS) is 11.9. The molecule has 0 aliphatic rings. The van der Waals surface area contributed by atoms with Crippen molar-refractivity contribution in [3.8, 4) is 0 Å². The Hall–Kier alpha value is -0.0157. The number of hydrogen-bond donors (Lipinski definition) is 0. The van der Waals surface area contributed by atoms with Gasteiger partial charge in [-0.15, -0.1) is 0 Å². The average molecular weight is 234 g/mol. The van der Waals surface area contributed by atoms with Crippen molar-refractivity contribution < 1.29 is 27.3 Å². The molecule has 0 bridgehead atoms. The van der Waals surface area contributed by atoms with Crippen LogP contribution in [0.4, 0.5) is 0 Å². The van der Waals surface area contributed by atoms with Gasteiger partial charge < -0.3 is 0 Å². The van der Waals surface area contributed by atoms with Crippen LogP contribution >= 0.6 is 0 Å². The van der Waals surface area contributed by atoms with Crippen LogP contribution in [0.5, 0.6) is 0 Å². The zero-order valence-corrected chi connectivity index (χ0v) is 11.5. The fourth-order valence-electron chi connectivity index (χ4n) is 1.14. The van der Waals surface area contributed by atoms with Gasteiger partial charge in [-0.3, -0.25) is 8.42 Å². The molecule has 1 rings (SSSR count). The molecule has 1 aromatic carbocycles. The predicted octanol–water partition coefficient (Wildman–Crippen LogP) is -0.497. The van der Waals surface area contributed by atoms with E-state index in [1.165, 1.54) is 5.38 Å². The summed E-state index contributed by atoms with van der Waals surface area (Å²) in [5.74, 6) is 0. The molecule has 0 aliphatic heterocycles. The van der Waals surface area contributed by atoms with Crippen LogP contribution in [0.25, 0.3) is 0 Å². The van der Waals surface area contributed by atoms with Crippen LogP contribution in [0, 0.1) is 5.38 Å². The molecule has 0 aliphatic carbocycles. The molecule has 1 aromatic rings. The van der Waals surface area contributed by atoms with Crippen molar-refractivity contribution >= 4 is 17.9 Å². The molecule has 0 radical (unpaired) electrons. The molecule has 78 valence electrons. The maximum absolute atomic E-state index is 11.8. The van der Waals surface area contributed by atoms with E-state index in [2.05, 4.69) is 0 Å². The van der Waals surface area contributed by atoms with Gasteiger partial charge in [0.25, 0.3) is 0 Å². The molecule has 15 heavy (non-hydrogen) atoms. The third-order valence-electron chi connectivity index (χ3n) is 1.58. The van der Waals surface area contributed by atoms with E-state index >= 15 is 0 Å². The van der Waals surface area contributed by atoms with E-state index in [-0.39, 0.29) is 18.9 Å². The molecular weight excluding hydrogens is 219 g/mol. The first-order valence-corrected chi connectivity index (χ1v) is 9.60. The van der Waals surface area contributed by atoms with E-state index < -0.39 is 17.9 Å². The van der Waals surface area contributed by atoms with Crippen LogP contribution in [-0.2, 0) is 9.84 Å². The Morgan fingerprint density at radius 2 is 1.53 bits per heavy atom. The van der Waals surface area contributed by atoms with Gasteiger partial charge in [0.05, 0.1) is 9.84 Å². The largest absolute Gasteiger partial charge is 1.00 e. The summed E-state index contributed by atoms with van der Waals surface area (Å²) in [6.45, 7) is 6.02. The number of hydrogen-bond acceptors (Lipinski definition) is 2. The molecule has 0 amide bonds. The molecular formula is C10H15LiO2SSi. The third-order valence-corrected chi connectivity index (χ3v) is 6.58. The van der Waals surface area contributed by atoms with Gasteiger partial charge in [-0.2, -0.15) is 0 Å². The summed E-state index contributed by atoms with van der Waals surface area (Å²) in [4.78, 5) is 0.391. The van der Waals surface area contributed by atoms with Gasteiger partial charge in [0.1, 0.15) is 0 Å². The number of sulfone groups is 1. The standard InChI is InChI=1S/C10H15O2SSi.Li/c1-14(2,3)9-13(11,12)10-7-5-4-6-8-10;/h4-9H,1-3H3;/q-1;+1. The van der Waals surface area contributed by atoms with E-state index in [9.17, 15) is 8.42 Å². The Bertz CT molecular complexity index is 395. The maximum Gasteiger partial charge on any atom is 1.00 e. The van der Waals surface area contributed by atoms with E-state index in [1.54, 1.807) is 24.3 Å². The van der Waals surface area contributed by atoms with Crippen molar-refractivity contribution in [1.29, 1.82) is 0 Å². The molecule has 0 atom stereocenters. The Morgan fingerprint density at radius 3 is 1.93 bits per heavy atom. The van der Waals surface area contributed by atoms with Crippen LogP contribution in [0.3, 0.4) is 0 Å². The molecule has 0 spiro atoms. The second-order valence-electron chi connectivity index (χ2n) is 4.34. The van der Waals surface area contributed by atoms with Crippen molar-refractivity contribution in [3.63, 3.8) is 0 Å². The first-order valence-electron chi connectivity index (χ1n) is 4.47. The second-order valence-corrected chi connectivity index (χ2v) is 11.6. The van der Waals surface area contributed by atoms with Crippen molar-refractivity contribution in [2.75, 3.05) is 0 Å². The van der Waals surface area contributed by atoms with Crippen molar-refractivity contribution in [2.24, 2.45) is 0 Å². The smallest absolute Gasteiger partial charge is 0.258 e. The fraction of sp³-hybridized carbons (Fsp3) is 0.300. The molecule has 0 aromatic heterocycles. The Morgan fingerprint density at radius 1 is 1.07 bits per heavy atom. The average Bonchev–Trinajstić information content (AvgIpc) is 2.01. The third kappa shape index (κ3) is 5.03. The summed E-state index contributed by atoms with van der Waals surface area (Å²) in [5.41, 5.74) is 0. The predicted molar refractivity (Wildman–Crippen MR) is 61.3 cm³/mol. The van der Waals surface area contributed by atoms with Crippen molar-refractivity contribution in [3.05, 3.63) is 35.7 Å². The fourth-order valence-corrected chi connectivity index (χ4v) is 5.95. The summed E-state index contributed by atoms with van der Waals surface area (Å²) in [6.07, 6.45) is 0. The van der Waals surface area contributed by atoms with E-state index in [0.717, 1.165) is 0 Å². The Kier molecular flexibility index (Phi) is 5.35. The topological polar surface area (TPSA) is 34.1 Å². The molecule has 0 unspecified atom stereocenters. The van der Waals surface area contributed by atoms with Crippen LogP contribution in [0.1, 0.15) is 0 Å². The first kappa shape index (κ1) is 15.0. The molecule has 2 nitrogen and oxygen atoms in total. The minimum Gasteiger partial charge on any atom is -0.258 e. The summed E-state index contributed by atoms with van der Waals surface area (Å²) in [7, 11) is -4.87. The van der Waals surface area contributed by atoms with E-state index in [0.29, 0.717) is 4.90 Å². The summed E-state index contributed by atoms with van der Waals surface area (Å²) in [5, 5.41) is 1.52. The maximum atomic E-state index is 11.8. The van der Waals surface area contributed by atoms with Gasteiger partial charge in [0, 0.05) is 4.90 Å². The molecule has 5 heteroatoms. The molecule has 0 saturated heterocycles. The van der Waals surface area contributed by atoms with Gasteiger partial charge in [-0.25, -0.2) is 5.38 Å². The Labute approximate surface area is 105 Å². The minimum atomic E-state index is -3.18. The second kappa shape index (κ2) is 5.35. The van der Waals surface area contributed by atoms with Gasteiger partial charge in [-0.1, -0.05) is 45.9 Å². The van der Waals surface area contributed by atoms with Crippen LogP contribution in [0.2, 0.25) is 19.6 Å². The van der Waals surface area contributed by atoms with Gasteiger partial charge in [0.15, 0.2) is 0 Å². The quantitative estimate of drug-likeness (QED) is 0.522. The van der Waals surface area contributed by atoms with Gasteiger partial charge in [0.2, 0.25) is 0 Å². The van der Waals surface area contributed by atoms with Crippen LogP contribution < -0.4 is 18.9 Å². The zero-order valence-electron chi connectivity index (χ0n) is 9.69. The van der Waals surface area contributed by atoms with Gasteiger partial charge >= 0.3 is 18.9 Å². The van der Waals surface area contributed by atoms with Crippen molar-refractivity contribution in [1.82, 2.24) is 0 Å². The zero-order chi connectivity index (χ0) is 10.8.